The number of rotatable bonds is 10. The molecule has 1 aromatic rings. The Bertz CT molecular complexity index is 709. The number of nitrogens with one attached hydrogen (secondary N) is 2. The highest BCUT2D eigenvalue weighted by Gasteiger charge is 2.26. The number of halogens is 1. The first-order valence-corrected chi connectivity index (χ1v) is 11.3. The normalized spacial score (nSPS) is 17.1. The fourth-order valence-corrected chi connectivity index (χ4v) is 3.92. The van der Waals surface area contributed by atoms with Gasteiger partial charge >= 0.3 is 0 Å². The van der Waals surface area contributed by atoms with Crippen LogP contribution in [0.5, 0.6) is 0 Å². The summed E-state index contributed by atoms with van der Waals surface area (Å²) in [4.78, 5) is 22.8. The number of nitrogens with zero attached hydrogens (tertiary/aromatic N) is 3. The maximum absolute atomic E-state index is 11.6. The van der Waals surface area contributed by atoms with E-state index in [1.165, 1.54) is 25.7 Å². The van der Waals surface area contributed by atoms with Crippen LogP contribution >= 0.6 is 24.0 Å². The van der Waals surface area contributed by atoms with Gasteiger partial charge in [-0.1, -0.05) is 46.1 Å². The molecule has 2 rings (SSSR count). The Morgan fingerprint density at radius 3 is 2.81 bits per heavy atom. The van der Waals surface area contributed by atoms with Gasteiger partial charge in [0.05, 0.1) is 5.92 Å². The van der Waals surface area contributed by atoms with Crippen molar-refractivity contribution in [2.24, 2.45) is 22.1 Å². The van der Waals surface area contributed by atoms with Crippen molar-refractivity contribution in [2.75, 3.05) is 31.6 Å². The monoisotopic (exact) mass is 544 g/mol. The molecule has 0 aromatic carbocycles. The molecule has 176 valence electrons. The molecule has 1 aliphatic rings. The minimum absolute atomic E-state index is 0. The number of hydrogen-bond donors (Lipinski definition) is 3. The summed E-state index contributed by atoms with van der Waals surface area (Å²) in [5, 5.41) is 6.89. The molecule has 31 heavy (non-hydrogen) atoms. The lowest BCUT2D eigenvalue weighted by Gasteiger charge is -2.33. The Balaban J connectivity index is 0.00000480. The molecular formula is C23H41IN6O. The first-order valence-electron chi connectivity index (χ1n) is 11.3. The van der Waals surface area contributed by atoms with E-state index in [4.69, 9.17) is 5.73 Å². The van der Waals surface area contributed by atoms with Crippen molar-refractivity contribution in [3.63, 3.8) is 0 Å². The van der Waals surface area contributed by atoms with Crippen molar-refractivity contribution in [1.82, 2.24) is 15.6 Å². The van der Waals surface area contributed by atoms with E-state index in [9.17, 15) is 4.79 Å². The third-order valence-electron chi connectivity index (χ3n) is 5.85. The van der Waals surface area contributed by atoms with Gasteiger partial charge in [0.15, 0.2) is 5.96 Å². The van der Waals surface area contributed by atoms with Crippen LogP contribution in [0.1, 0.15) is 64.9 Å². The fourth-order valence-electron chi connectivity index (χ4n) is 3.92. The SMILES string of the molecule is CCCCCC(C)(C)CNC(=NC)NCc1cccnc1N1CCCC(C(N)=O)C1.I. The number of carbonyl (C=O) groups excluding carboxylic acids is 1. The zero-order chi connectivity index (χ0) is 22.0. The van der Waals surface area contributed by atoms with E-state index >= 15 is 0 Å². The maximum Gasteiger partial charge on any atom is 0.222 e. The molecule has 1 atom stereocenters. The van der Waals surface area contributed by atoms with Crippen molar-refractivity contribution < 1.29 is 4.79 Å². The van der Waals surface area contributed by atoms with E-state index in [1.807, 2.05) is 6.07 Å². The number of hydrogen-bond acceptors (Lipinski definition) is 4. The van der Waals surface area contributed by atoms with Crippen molar-refractivity contribution in [1.29, 1.82) is 0 Å². The third kappa shape index (κ3) is 9.21. The molecule has 8 heteroatoms. The first-order chi connectivity index (χ1) is 14.4. The van der Waals surface area contributed by atoms with E-state index in [0.717, 1.165) is 43.3 Å². The molecule has 0 spiro atoms. The van der Waals surface area contributed by atoms with E-state index in [2.05, 4.69) is 52.3 Å². The van der Waals surface area contributed by atoms with Gasteiger partial charge in [-0.25, -0.2) is 4.98 Å². The number of amides is 1. The van der Waals surface area contributed by atoms with Crippen molar-refractivity contribution >= 4 is 41.7 Å². The number of guanidine groups is 1. The third-order valence-corrected chi connectivity index (χ3v) is 5.85. The molecular weight excluding hydrogens is 503 g/mol. The minimum atomic E-state index is -0.221. The number of anilines is 1. The molecule has 1 fully saturated rings. The number of aromatic nitrogens is 1. The van der Waals surface area contributed by atoms with Crippen LogP contribution < -0.4 is 21.3 Å². The van der Waals surface area contributed by atoms with Crippen molar-refractivity contribution in [3.05, 3.63) is 23.9 Å². The molecule has 0 bridgehead atoms. The molecule has 0 aliphatic carbocycles. The average Bonchev–Trinajstić information content (AvgIpc) is 2.74. The van der Waals surface area contributed by atoms with Gasteiger partial charge < -0.3 is 21.3 Å². The van der Waals surface area contributed by atoms with Gasteiger partial charge in [-0.2, -0.15) is 0 Å². The smallest absolute Gasteiger partial charge is 0.222 e. The van der Waals surface area contributed by atoms with Gasteiger partial charge in [0, 0.05) is 45.0 Å². The lowest BCUT2D eigenvalue weighted by Crippen LogP contribution is -2.43. The highest BCUT2D eigenvalue weighted by molar-refractivity contribution is 14.0. The second-order valence-electron chi connectivity index (χ2n) is 9.07. The average molecular weight is 545 g/mol. The fraction of sp³-hybridized carbons (Fsp3) is 0.696. The van der Waals surface area contributed by atoms with Gasteiger partial charge in [-0.05, 0) is 30.7 Å². The Kier molecular flexibility index (Phi) is 12.2. The number of aliphatic imine (C=N–C) groups is 1. The molecule has 0 saturated carbocycles. The maximum atomic E-state index is 11.6. The van der Waals surface area contributed by atoms with Crippen LogP contribution in [-0.2, 0) is 11.3 Å². The van der Waals surface area contributed by atoms with Gasteiger partial charge in [0.2, 0.25) is 5.91 Å². The lowest BCUT2D eigenvalue weighted by molar-refractivity contribution is -0.122. The molecule has 1 aliphatic heterocycles. The van der Waals surface area contributed by atoms with Crippen LogP contribution in [0.15, 0.2) is 23.3 Å². The standard InChI is InChI=1S/C23H40N6O.HI/c1-5-6-7-12-23(2,3)17-28-22(25-4)27-15-18-10-8-13-26-21(18)29-14-9-11-19(16-29)20(24)30;/h8,10,13,19H,5-7,9,11-12,14-17H2,1-4H3,(H2,24,30)(H2,25,27,28);1H. The topological polar surface area (TPSA) is 95.6 Å². The summed E-state index contributed by atoms with van der Waals surface area (Å²) in [6.07, 6.45) is 8.61. The molecule has 4 N–H and O–H groups in total. The number of carbonyl (C=O) groups is 1. The lowest BCUT2D eigenvalue weighted by atomic mass is 9.87. The molecule has 2 heterocycles. The second kappa shape index (κ2) is 13.8. The summed E-state index contributed by atoms with van der Waals surface area (Å²) in [7, 11) is 1.80. The van der Waals surface area contributed by atoms with Gasteiger partial charge in [0.25, 0.3) is 0 Å². The van der Waals surface area contributed by atoms with Gasteiger partial charge in [-0.15, -0.1) is 24.0 Å². The number of nitrogens with two attached hydrogens (primary N) is 1. The molecule has 1 saturated heterocycles. The minimum Gasteiger partial charge on any atom is -0.369 e. The predicted molar refractivity (Wildman–Crippen MR) is 140 cm³/mol. The largest absolute Gasteiger partial charge is 0.369 e. The molecule has 7 nitrogen and oxygen atoms in total. The zero-order valence-electron chi connectivity index (χ0n) is 19.6. The van der Waals surface area contributed by atoms with Crippen LogP contribution in [0.4, 0.5) is 5.82 Å². The van der Waals surface area contributed by atoms with Gasteiger partial charge in [0.1, 0.15) is 5.82 Å². The second-order valence-corrected chi connectivity index (χ2v) is 9.07. The van der Waals surface area contributed by atoms with Crippen LogP contribution in [0.2, 0.25) is 0 Å². The summed E-state index contributed by atoms with van der Waals surface area (Å²) < 4.78 is 0. The Labute approximate surface area is 205 Å². The van der Waals surface area contributed by atoms with E-state index in [1.54, 1.807) is 13.2 Å². The highest BCUT2D eigenvalue weighted by atomic mass is 127. The number of primary amides is 1. The van der Waals surface area contributed by atoms with Crippen molar-refractivity contribution in [2.45, 2.75) is 65.8 Å². The zero-order valence-corrected chi connectivity index (χ0v) is 21.9. The summed E-state index contributed by atoms with van der Waals surface area (Å²) in [6.45, 7) is 9.87. The summed E-state index contributed by atoms with van der Waals surface area (Å²) in [5.74, 6) is 1.39. The molecule has 1 unspecified atom stereocenters. The summed E-state index contributed by atoms with van der Waals surface area (Å²) in [5.41, 5.74) is 6.86. The quantitative estimate of drug-likeness (QED) is 0.181. The molecule has 1 aromatic heterocycles. The Morgan fingerprint density at radius 2 is 2.13 bits per heavy atom. The van der Waals surface area contributed by atoms with Crippen molar-refractivity contribution in [3.8, 4) is 0 Å². The predicted octanol–water partition coefficient (Wildman–Crippen LogP) is 3.67. The Morgan fingerprint density at radius 1 is 1.35 bits per heavy atom. The number of unbranched alkanes of at least 4 members (excludes halogenated alkanes) is 2. The van der Waals surface area contributed by atoms with Gasteiger partial charge in [-0.3, -0.25) is 9.79 Å². The van der Waals surface area contributed by atoms with Crippen LogP contribution in [0, 0.1) is 11.3 Å². The number of pyridine rings is 1. The molecule has 1 amide bonds. The van der Waals surface area contributed by atoms with Crippen LogP contribution in [0.3, 0.4) is 0 Å². The number of piperidine rings is 1. The summed E-state index contributed by atoms with van der Waals surface area (Å²) >= 11 is 0. The van der Waals surface area contributed by atoms with E-state index < -0.39 is 0 Å². The van der Waals surface area contributed by atoms with Crippen LogP contribution in [-0.4, -0.2) is 43.5 Å². The highest BCUT2D eigenvalue weighted by Crippen LogP contribution is 2.25. The Hall–Kier alpha value is -1.58. The van der Waals surface area contributed by atoms with E-state index in [-0.39, 0.29) is 41.2 Å². The van der Waals surface area contributed by atoms with E-state index in [0.29, 0.717) is 13.1 Å². The van der Waals surface area contributed by atoms with Crippen LogP contribution in [0.25, 0.3) is 0 Å². The molecule has 0 radical (unpaired) electrons. The first kappa shape index (κ1) is 27.5. The summed E-state index contributed by atoms with van der Waals surface area (Å²) in [6, 6.07) is 4.02.